The van der Waals surface area contributed by atoms with E-state index < -0.39 is 12.6 Å². The first-order valence-corrected chi connectivity index (χ1v) is 2.57. The maximum atomic E-state index is 11.3. The van der Waals surface area contributed by atoms with E-state index in [-0.39, 0.29) is 13.0 Å². The Kier molecular flexibility index (Phi) is 4.67. The molecule has 4 heteroatoms. The zero-order valence-electron chi connectivity index (χ0n) is 4.89. The number of carbonyl (C=O) groups excluding carboxylic acids is 2. The second-order valence-corrected chi connectivity index (χ2v) is 1.44. The molecule has 0 aliphatic carbocycles. The van der Waals surface area contributed by atoms with Crippen molar-refractivity contribution in [2.24, 2.45) is 0 Å². The molecule has 0 spiro atoms. The first-order chi connectivity index (χ1) is 4.31. The van der Waals surface area contributed by atoms with Crippen LogP contribution >= 0.6 is 0 Å². The Labute approximate surface area is 52.2 Å². The van der Waals surface area contributed by atoms with Gasteiger partial charge in [-0.3, -0.25) is 4.79 Å². The summed E-state index contributed by atoms with van der Waals surface area (Å²) >= 11 is 0. The van der Waals surface area contributed by atoms with Crippen LogP contribution in [-0.4, -0.2) is 25.4 Å². The van der Waals surface area contributed by atoms with Gasteiger partial charge in [0.15, 0.2) is 6.67 Å². The van der Waals surface area contributed by atoms with Gasteiger partial charge in [-0.2, -0.15) is 0 Å². The highest BCUT2D eigenvalue weighted by Gasteiger charge is 1.95. The largest absolute Gasteiger partial charge is 0.353 e. The van der Waals surface area contributed by atoms with Gasteiger partial charge in [0.2, 0.25) is 0 Å². The predicted octanol–water partition coefficient (Wildman–Crippen LogP) is -0.339. The van der Waals surface area contributed by atoms with Crippen LogP contribution < -0.4 is 5.32 Å². The lowest BCUT2D eigenvalue weighted by Crippen LogP contribution is -2.25. The van der Waals surface area contributed by atoms with Crippen molar-refractivity contribution in [3.05, 3.63) is 0 Å². The van der Waals surface area contributed by atoms with E-state index in [0.29, 0.717) is 6.29 Å². The van der Waals surface area contributed by atoms with Crippen LogP contribution in [0.25, 0.3) is 0 Å². The van der Waals surface area contributed by atoms with Crippen LogP contribution in [0, 0.1) is 0 Å². The summed E-state index contributed by atoms with van der Waals surface area (Å²) in [4.78, 5) is 19.7. The average Bonchev–Trinajstić information content (AvgIpc) is 1.89. The fraction of sp³-hybridized carbons (Fsp3) is 0.600. The van der Waals surface area contributed by atoms with Crippen molar-refractivity contribution in [3.63, 3.8) is 0 Å². The highest BCUT2D eigenvalue weighted by molar-refractivity contribution is 5.77. The first kappa shape index (κ1) is 8.07. The topological polar surface area (TPSA) is 46.2 Å². The van der Waals surface area contributed by atoms with Crippen molar-refractivity contribution in [2.45, 2.75) is 6.42 Å². The molecule has 1 amide bonds. The Balaban J connectivity index is 3.06. The molecule has 3 nitrogen and oxygen atoms in total. The van der Waals surface area contributed by atoms with E-state index in [1.165, 1.54) is 0 Å². The molecule has 0 saturated heterocycles. The van der Waals surface area contributed by atoms with Gasteiger partial charge in [0.25, 0.3) is 5.91 Å². The SMILES string of the molecule is O=CCCNC(=O)CF. The molecule has 0 fully saturated rings. The molecule has 0 atom stereocenters. The van der Waals surface area contributed by atoms with Crippen LogP contribution in [-0.2, 0) is 9.59 Å². The molecule has 0 aliphatic rings. The number of hydrogen-bond acceptors (Lipinski definition) is 2. The number of alkyl halides is 1. The van der Waals surface area contributed by atoms with Crippen molar-refractivity contribution < 1.29 is 14.0 Å². The van der Waals surface area contributed by atoms with Crippen LogP contribution in [0.1, 0.15) is 6.42 Å². The standard InChI is InChI=1S/C5H8FNO2/c6-4-5(9)7-2-1-3-8/h3H,1-2,4H2,(H,7,9). The zero-order valence-corrected chi connectivity index (χ0v) is 4.89. The molecule has 0 radical (unpaired) electrons. The van der Waals surface area contributed by atoms with E-state index in [1.807, 2.05) is 0 Å². The predicted molar refractivity (Wildman–Crippen MR) is 29.7 cm³/mol. The summed E-state index contributed by atoms with van der Waals surface area (Å²) in [6.07, 6.45) is 0.907. The van der Waals surface area contributed by atoms with Crippen LogP contribution in [0.4, 0.5) is 4.39 Å². The van der Waals surface area contributed by atoms with Gasteiger partial charge in [-0.1, -0.05) is 0 Å². The number of carbonyl (C=O) groups is 2. The average molecular weight is 133 g/mol. The molecule has 0 aliphatic heterocycles. The summed E-state index contributed by atoms with van der Waals surface area (Å²) in [6.45, 7) is -0.787. The summed E-state index contributed by atoms with van der Waals surface area (Å²) in [7, 11) is 0. The van der Waals surface area contributed by atoms with Gasteiger partial charge < -0.3 is 10.1 Å². The zero-order chi connectivity index (χ0) is 7.11. The van der Waals surface area contributed by atoms with Crippen molar-refractivity contribution in [2.75, 3.05) is 13.2 Å². The molecule has 0 aromatic carbocycles. The lowest BCUT2D eigenvalue weighted by atomic mass is 10.4. The number of amides is 1. The molecule has 0 aromatic heterocycles. The minimum atomic E-state index is -1.02. The molecule has 1 N–H and O–H groups in total. The number of nitrogens with one attached hydrogen (secondary N) is 1. The molecule has 0 saturated carbocycles. The van der Waals surface area contributed by atoms with Crippen LogP contribution in [0.3, 0.4) is 0 Å². The Morgan fingerprint density at radius 2 is 2.33 bits per heavy atom. The molecule has 0 unspecified atom stereocenters. The number of aldehydes is 1. The highest BCUT2D eigenvalue weighted by atomic mass is 19.1. The molecule has 9 heavy (non-hydrogen) atoms. The third-order valence-corrected chi connectivity index (χ3v) is 0.706. The third-order valence-electron chi connectivity index (χ3n) is 0.706. The summed E-state index contributed by atoms with van der Waals surface area (Å²) in [6, 6.07) is 0. The molecule has 0 bridgehead atoms. The quantitative estimate of drug-likeness (QED) is 0.421. The lowest BCUT2D eigenvalue weighted by Gasteiger charge is -1.95. The highest BCUT2D eigenvalue weighted by Crippen LogP contribution is 1.70. The minimum Gasteiger partial charge on any atom is -0.353 e. The van der Waals surface area contributed by atoms with Gasteiger partial charge in [0, 0.05) is 13.0 Å². The van der Waals surface area contributed by atoms with Crippen molar-refractivity contribution in [3.8, 4) is 0 Å². The van der Waals surface area contributed by atoms with Gasteiger partial charge in [-0.25, -0.2) is 4.39 Å². The number of hydrogen-bond donors (Lipinski definition) is 1. The van der Waals surface area contributed by atoms with Crippen LogP contribution in [0.15, 0.2) is 0 Å². The minimum absolute atomic E-state index is 0.228. The number of halogens is 1. The van der Waals surface area contributed by atoms with Crippen molar-refractivity contribution in [1.82, 2.24) is 5.32 Å². The Morgan fingerprint density at radius 1 is 1.67 bits per heavy atom. The van der Waals surface area contributed by atoms with E-state index in [1.54, 1.807) is 0 Å². The van der Waals surface area contributed by atoms with Gasteiger partial charge in [0.1, 0.15) is 6.29 Å². The third kappa shape index (κ3) is 4.93. The Hall–Kier alpha value is -0.930. The maximum Gasteiger partial charge on any atom is 0.251 e. The second kappa shape index (κ2) is 5.21. The molecular formula is C5H8FNO2. The monoisotopic (exact) mass is 133 g/mol. The summed E-state index contributed by atoms with van der Waals surface area (Å²) in [5, 5.41) is 2.19. The van der Waals surface area contributed by atoms with Gasteiger partial charge in [-0.15, -0.1) is 0 Å². The first-order valence-electron chi connectivity index (χ1n) is 2.57. The molecular weight excluding hydrogens is 125 g/mol. The molecule has 0 heterocycles. The van der Waals surface area contributed by atoms with Crippen molar-refractivity contribution in [1.29, 1.82) is 0 Å². The van der Waals surface area contributed by atoms with E-state index in [0.717, 1.165) is 0 Å². The second-order valence-electron chi connectivity index (χ2n) is 1.44. The number of rotatable bonds is 4. The normalized spacial score (nSPS) is 8.56. The lowest BCUT2D eigenvalue weighted by molar-refractivity contribution is -0.121. The van der Waals surface area contributed by atoms with Crippen LogP contribution in [0.5, 0.6) is 0 Å². The molecule has 0 aromatic rings. The molecule has 52 valence electrons. The summed E-state index contributed by atoms with van der Waals surface area (Å²) in [5.41, 5.74) is 0. The van der Waals surface area contributed by atoms with Gasteiger partial charge in [0.05, 0.1) is 0 Å². The van der Waals surface area contributed by atoms with Gasteiger partial charge >= 0.3 is 0 Å². The van der Waals surface area contributed by atoms with E-state index >= 15 is 0 Å². The fourth-order valence-corrected chi connectivity index (χ4v) is 0.318. The van der Waals surface area contributed by atoms with E-state index in [4.69, 9.17) is 0 Å². The van der Waals surface area contributed by atoms with E-state index in [9.17, 15) is 14.0 Å². The Morgan fingerprint density at radius 3 is 2.78 bits per heavy atom. The smallest absolute Gasteiger partial charge is 0.251 e. The van der Waals surface area contributed by atoms with E-state index in [2.05, 4.69) is 5.32 Å². The maximum absolute atomic E-state index is 11.3. The fourth-order valence-electron chi connectivity index (χ4n) is 0.318. The Bertz CT molecular complexity index is 105. The summed E-state index contributed by atoms with van der Waals surface area (Å²) in [5.74, 6) is -0.670. The van der Waals surface area contributed by atoms with Gasteiger partial charge in [-0.05, 0) is 0 Å². The van der Waals surface area contributed by atoms with Crippen molar-refractivity contribution >= 4 is 12.2 Å². The van der Waals surface area contributed by atoms with Crippen LogP contribution in [0.2, 0.25) is 0 Å². The molecule has 0 rings (SSSR count). The summed E-state index contributed by atoms with van der Waals surface area (Å²) < 4.78 is 11.3.